The molecular weight excluding hydrogens is 293 g/mol. The number of rotatable bonds is 2. The van der Waals surface area contributed by atoms with Crippen molar-refractivity contribution in [3.8, 4) is 0 Å². The molecule has 72 valence electrons. The Bertz CT molecular complexity index is 266. The molecule has 0 aliphatic carbocycles. The van der Waals surface area contributed by atoms with Crippen molar-refractivity contribution < 1.29 is 24.3 Å². The molecule has 7 heteroatoms. The van der Waals surface area contributed by atoms with E-state index in [4.69, 9.17) is 5.11 Å². The van der Waals surface area contributed by atoms with E-state index in [1.165, 1.54) is 0 Å². The van der Waals surface area contributed by atoms with Gasteiger partial charge >= 0.3 is 5.97 Å². The molecular formula is C6H6INO5. The Morgan fingerprint density at radius 3 is 2.69 bits per heavy atom. The number of hydrogen-bond acceptors (Lipinski definition) is 5. The van der Waals surface area contributed by atoms with E-state index in [2.05, 4.69) is 4.84 Å². The molecule has 0 aromatic rings. The third-order valence-electron chi connectivity index (χ3n) is 1.38. The zero-order valence-corrected chi connectivity index (χ0v) is 8.55. The van der Waals surface area contributed by atoms with Gasteiger partial charge in [0.1, 0.15) is 10.5 Å². The lowest BCUT2D eigenvalue weighted by molar-refractivity contribution is -0.196. The van der Waals surface area contributed by atoms with Crippen LogP contribution in [0.4, 0.5) is 0 Å². The highest BCUT2D eigenvalue weighted by atomic mass is 127. The summed E-state index contributed by atoms with van der Waals surface area (Å²) < 4.78 is 0.0327. The second-order valence-electron chi connectivity index (χ2n) is 2.34. The van der Waals surface area contributed by atoms with E-state index in [1.807, 2.05) is 0 Å². The van der Waals surface area contributed by atoms with E-state index in [9.17, 15) is 14.4 Å². The van der Waals surface area contributed by atoms with Gasteiger partial charge in [-0.2, -0.15) is 0 Å². The Hall–Kier alpha value is -0.700. The highest BCUT2D eigenvalue weighted by molar-refractivity contribution is 14.1. The molecule has 1 aliphatic rings. The highest BCUT2D eigenvalue weighted by Gasteiger charge is 2.40. The Morgan fingerprint density at radius 1 is 1.69 bits per heavy atom. The number of carbonyl (C=O) groups is 3. The Kier molecular flexibility index (Phi) is 3.20. The lowest BCUT2D eigenvalue weighted by Crippen LogP contribution is -2.34. The molecule has 6 nitrogen and oxygen atoms in total. The van der Waals surface area contributed by atoms with E-state index in [0.29, 0.717) is 5.06 Å². The first kappa shape index (κ1) is 10.4. The van der Waals surface area contributed by atoms with Crippen molar-refractivity contribution in [2.24, 2.45) is 0 Å². The van der Waals surface area contributed by atoms with Crippen molar-refractivity contribution in [1.82, 2.24) is 5.06 Å². The van der Waals surface area contributed by atoms with Crippen LogP contribution in [-0.4, -0.2) is 38.5 Å². The van der Waals surface area contributed by atoms with Crippen LogP contribution in [0.15, 0.2) is 0 Å². The predicted molar refractivity (Wildman–Crippen MR) is 47.5 cm³/mol. The third kappa shape index (κ3) is 2.15. The van der Waals surface area contributed by atoms with Gasteiger partial charge in [-0.25, -0.2) is 4.79 Å². The quantitative estimate of drug-likeness (QED) is 0.402. The van der Waals surface area contributed by atoms with Crippen LogP contribution in [0, 0.1) is 0 Å². The molecule has 0 aromatic carbocycles. The third-order valence-corrected chi connectivity index (χ3v) is 2.00. The first-order valence-electron chi connectivity index (χ1n) is 3.38. The van der Waals surface area contributed by atoms with Crippen molar-refractivity contribution in [3.05, 3.63) is 0 Å². The van der Waals surface area contributed by atoms with E-state index in [0.717, 1.165) is 0 Å². The molecule has 0 radical (unpaired) electrons. The van der Waals surface area contributed by atoms with Crippen LogP contribution < -0.4 is 0 Å². The van der Waals surface area contributed by atoms with Gasteiger partial charge < -0.3 is 9.94 Å². The standard InChI is InChI=1S/C6H6INO5/c7-2-5(11)13-8-4(10)1-3(9)6(8)12/h3,9H,1-2H2. The van der Waals surface area contributed by atoms with Crippen LogP contribution in [0.5, 0.6) is 0 Å². The molecule has 1 saturated heterocycles. The number of imide groups is 1. The van der Waals surface area contributed by atoms with Crippen molar-refractivity contribution in [3.63, 3.8) is 0 Å². The number of nitrogens with zero attached hydrogens (tertiary/aromatic N) is 1. The zero-order valence-electron chi connectivity index (χ0n) is 6.40. The molecule has 2 amide bonds. The smallest absolute Gasteiger partial charge is 0.342 e. The first-order valence-corrected chi connectivity index (χ1v) is 4.90. The van der Waals surface area contributed by atoms with Crippen LogP contribution in [0.25, 0.3) is 0 Å². The molecule has 0 bridgehead atoms. The van der Waals surface area contributed by atoms with Gasteiger partial charge in [0, 0.05) is 0 Å². The van der Waals surface area contributed by atoms with E-state index in [1.54, 1.807) is 22.6 Å². The fourth-order valence-corrected chi connectivity index (χ4v) is 0.955. The van der Waals surface area contributed by atoms with Crippen LogP contribution in [0.2, 0.25) is 0 Å². The SMILES string of the molecule is O=C(CI)ON1C(=O)CC(O)C1=O. The summed E-state index contributed by atoms with van der Waals surface area (Å²) in [7, 11) is 0. The van der Waals surface area contributed by atoms with Crippen molar-refractivity contribution in [2.75, 3.05) is 4.43 Å². The lowest BCUT2D eigenvalue weighted by Gasteiger charge is -2.11. The minimum Gasteiger partial charge on any atom is -0.383 e. The molecule has 1 unspecified atom stereocenters. The molecule has 13 heavy (non-hydrogen) atoms. The Morgan fingerprint density at radius 2 is 2.31 bits per heavy atom. The predicted octanol–water partition coefficient (Wildman–Crippen LogP) is -1.00. The molecule has 0 saturated carbocycles. The maximum Gasteiger partial charge on any atom is 0.342 e. The minimum atomic E-state index is -1.38. The first-order chi connectivity index (χ1) is 6.06. The minimum absolute atomic E-state index is 0.0327. The topological polar surface area (TPSA) is 83.9 Å². The van der Waals surface area contributed by atoms with Gasteiger partial charge in [-0.05, 0) is 0 Å². The molecule has 1 atom stereocenters. The van der Waals surface area contributed by atoms with E-state index >= 15 is 0 Å². The Labute approximate surface area is 86.9 Å². The average Bonchev–Trinajstić information content (AvgIpc) is 2.32. The van der Waals surface area contributed by atoms with Crippen LogP contribution >= 0.6 is 22.6 Å². The number of aliphatic hydroxyl groups excluding tert-OH is 1. The molecule has 1 heterocycles. The summed E-state index contributed by atoms with van der Waals surface area (Å²) in [6.45, 7) is 0. The summed E-state index contributed by atoms with van der Waals surface area (Å²) in [5.74, 6) is -2.28. The van der Waals surface area contributed by atoms with Crippen LogP contribution in [-0.2, 0) is 19.2 Å². The second kappa shape index (κ2) is 4.01. The average molecular weight is 299 g/mol. The molecule has 1 fully saturated rings. The summed E-state index contributed by atoms with van der Waals surface area (Å²) in [5, 5.41) is 9.23. The number of alkyl halides is 1. The molecule has 1 N–H and O–H groups in total. The van der Waals surface area contributed by atoms with Crippen LogP contribution in [0.1, 0.15) is 6.42 Å². The zero-order chi connectivity index (χ0) is 10.0. The molecule has 1 rings (SSSR count). The maximum atomic E-state index is 10.9. The van der Waals surface area contributed by atoms with Gasteiger partial charge in [-0.1, -0.05) is 27.7 Å². The highest BCUT2D eigenvalue weighted by Crippen LogP contribution is 2.13. The summed E-state index contributed by atoms with van der Waals surface area (Å²) >= 11 is 1.73. The number of halogens is 1. The van der Waals surface area contributed by atoms with Crippen molar-refractivity contribution in [2.45, 2.75) is 12.5 Å². The summed E-state index contributed by atoms with van der Waals surface area (Å²) in [5.41, 5.74) is 0. The van der Waals surface area contributed by atoms with Gasteiger partial charge in [0.15, 0.2) is 0 Å². The fraction of sp³-hybridized carbons (Fsp3) is 0.500. The number of carbonyl (C=O) groups excluding carboxylic acids is 3. The summed E-state index contributed by atoms with van der Waals surface area (Å²) in [4.78, 5) is 36.9. The fourth-order valence-electron chi connectivity index (χ4n) is 0.816. The Balaban J connectivity index is 2.64. The van der Waals surface area contributed by atoms with Gasteiger partial charge in [0.25, 0.3) is 11.8 Å². The van der Waals surface area contributed by atoms with E-state index < -0.39 is 23.9 Å². The normalized spacial score (nSPS) is 22.3. The number of hydrogen-bond donors (Lipinski definition) is 1. The maximum absolute atomic E-state index is 10.9. The lowest BCUT2D eigenvalue weighted by atomic mass is 10.3. The van der Waals surface area contributed by atoms with Crippen molar-refractivity contribution in [1.29, 1.82) is 0 Å². The van der Waals surface area contributed by atoms with E-state index in [-0.39, 0.29) is 10.8 Å². The number of amides is 2. The summed E-state index contributed by atoms with van der Waals surface area (Å²) in [6.07, 6.45) is -1.71. The second-order valence-corrected chi connectivity index (χ2v) is 3.11. The largest absolute Gasteiger partial charge is 0.383 e. The molecule has 1 aliphatic heterocycles. The number of hydroxylamine groups is 2. The van der Waals surface area contributed by atoms with Gasteiger partial charge in [0.2, 0.25) is 0 Å². The van der Waals surface area contributed by atoms with Crippen molar-refractivity contribution >= 4 is 40.4 Å². The molecule has 0 spiro atoms. The number of aliphatic hydroxyl groups is 1. The summed E-state index contributed by atoms with van der Waals surface area (Å²) in [6, 6.07) is 0. The van der Waals surface area contributed by atoms with Gasteiger partial charge in [-0.3, -0.25) is 9.59 Å². The van der Waals surface area contributed by atoms with Gasteiger partial charge in [-0.15, -0.1) is 0 Å². The monoisotopic (exact) mass is 299 g/mol. The van der Waals surface area contributed by atoms with Crippen LogP contribution in [0.3, 0.4) is 0 Å². The molecule has 0 aromatic heterocycles. The van der Waals surface area contributed by atoms with Gasteiger partial charge in [0.05, 0.1) is 6.42 Å².